The van der Waals surface area contributed by atoms with Crippen LogP contribution in [0.25, 0.3) is 0 Å². The highest BCUT2D eigenvalue weighted by atomic mass is 32.2. The summed E-state index contributed by atoms with van der Waals surface area (Å²) in [7, 11) is 1.83. The summed E-state index contributed by atoms with van der Waals surface area (Å²) in [6.07, 6.45) is 2.26. The summed E-state index contributed by atoms with van der Waals surface area (Å²) in [5.74, 6) is 0.461. The Labute approximate surface area is 125 Å². The summed E-state index contributed by atoms with van der Waals surface area (Å²) in [5.41, 5.74) is 0. The first-order valence-corrected chi connectivity index (χ1v) is 8.27. The van der Waals surface area contributed by atoms with E-state index in [-0.39, 0.29) is 5.91 Å². The molecule has 6 nitrogen and oxygen atoms in total. The fourth-order valence-electron chi connectivity index (χ4n) is 1.79. The maximum absolute atomic E-state index is 12.1. The molecule has 0 aromatic carbocycles. The molecule has 8 heteroatoms. The van der Waals surface area contributed by atoms with E-state index in [1.165, 1.54) is 16.6 Å². The van der Waals surface area contributed by atoms with Crippen LogP contribution >= 0.6 is 23.1 Å². The van der Waals surface area contributed by atoms with E-state index in [1.54, 1.807) is 16.2 Å². The van der Waals surface area contributed by atoms with Gasteiger partial charge in [0.2, 0.25) is 11.1 Å². The van der Waals surface area contributed by atoms with Crippen molar-refractivity contribution < 1.29 is 4.79 Å². The lowest BCUT2D eigenvalue weighted by Gasteiger charge is -2.15. The van der Waals surface area contributed by atoms with Gasteiger partial charge in [-0.05, 0) is 34.7 Å². The molecule has 3 rings (SSSR count). The van der Waals surface area contributed by atoms with Gasteiger partial charge in [0.1, 0.15) is 0 Å². The van der Waals surface area contributed by atoms with E-state index in [0.29, 0.717) is 18.3 Å². The highest BCUT2D eigenvalue weighted by molar-refractivity contribution is 7.99. The quantitative estimate of drug-likeness (QED) is 0.762. The average Bonchev–Trinajstić information content (AvgIpc) is 2.97. The Balaban J connectivity index is 1.52. The molecule has 2 heterocycles. The van der Waals surface area contributed by atoms with E-state index in [0.717, 1.165) is 18.0 Å². The van der Waals surface area contributed by atoms with Gasteiger partial charge in [0.05, 0.1) is 18.3 Å². The Bertz CT molecular complexity index is 578. The largest absolute Gasteiger partial charge is 0.340 e. The lowest BCUT2D eigenvalue weighted by Crippen LogP contribution is -2.27. The SMILES string of the molecule is CN(Cc1cccs1)C(=O)CSc1nnnn1C1CC1. The summed E-state index contributed by atoms with van der Waals surface area (Å²) in [6.45, 7) is 0.657. The maximum atomic E-state index is 12.1. The third-order valence-corrected chi connectivity index (χ3v) is 4.86. The van der Waals surface area contributed by atoms with Gasteiger partial charge < -0.3 is 4.90 Å². The third-order valence-electron chi connectivity index (χ3n) is 3.08. The predicted molar refractivity (Wildman–Crippen MR) is 77.6 cm³/mol. The van der Waals surface area contributed by atoms with Gasteiger partial charge >= 0.3 is 0 Å². The molecule has 0 spiro atoms. The molecule has 106 valence electrons. The molecule has 0 aliphatic heterocycles. The Hall–Kier alpha value is -1.41. The van der Waals surface area contributed by atoms with Crippen LogP contribution in [0.4, 0.5) is 0 Å². The van der Waals surface area contributed by atoms with Crippen LogP contribution in [-0.2, 0) is 11.3 Å². The first-order chi connectivity index (χ1) is 9.74. The van der Waals surface area contributed by atoms with E-state index in [4.69, 9.17) is 0 Å². The number of rotatable bonds is 6. The van der Waals surface area contributed by atoms with Crippen molar-refractivity contribution in [2.45, 2.75) is 30.6 Å². The Morgan fingerprint density at radius 1 is 1.60 bits per heavy atom. The van der Waals surface area contributed by atoms with Gasteiger partial charge in [0.15, 0.2) is 0 Å². The van der Waals surface area contributed by atoms with Gasteiger partial charge in [0, 0.05) is 11.9 Å². The van der Waals surface area contributed by atoms with Crippen LogP contribution in [-0.4, -0.2) is 43.8 Å². The van der Waals surface area contributed by atoms with Crippen molar-refractivity contribution in [3.05, 3.63) is 22.4 Å². The van der Waals surface area contributed by atoms with E-state index >= 15 is 0 Å². The number of hydrogen-bond acceptors (Lipinski definition) is 6. The molecule has 0 N–H and O–H groups in total. The number of amides is 1. The van der Waals surface area contributed by atoms with Gasteiger partial charge in [-0.15, -0.1) is 16.4 Å². The third kappa shape index (κ3) is 3.18. The summed E-state index contributed by atoms with van der Waals surface area (Å²) in [6, 6.07) is 4.47. The molecular formula is C12H15N5OS2. The molecule has 1 fully saturated rings. The number of tetrazole rings is 1. The topological polar surface area (TPSA) is 63.9 Å². The number of carbonyl (C=O) groups excluding carboxylic acids is 1. The number of thioether (sulfide) groups is 1. The van der Waals surface area contributed by atoms with Crippen molar-refractivity contribution in [1.29, 1.82) is 0 Å². The Morgan fingerprint density at radius 2 is 2.45 bits per heavy atom. The second-order valence-electron chi connectivity index (χ2n) is 4.76. The lowest BCUT2D eigenvalue weighted by molar-refractivity contribution is -0.127. The minimum Gasteiger partial charge on any atom is -0.340 e. The maximum Gasteiger partial charge on any atom is 0.233 e. The zero-order valence-corrected chi connectivity index (χ0v) is 12.7. The number of nitrogens with zero attached hydrogens (tertiary/aromatic N) is 5. The summed E-state index contributed by atoms with van der Waals surface area (Å²) < 4.78 is 1.83. The number of aromatic nitrogens is 4. The summed E-state index contributed by atoms with van der Waals surface area (Å²) in [5, 5.41) is 14.4. The molecule has 0 unspecified atom stereocenters. The molecule has 1 aliphatic rings. The van der Waals surface area contributed by atoms with Gasteiger partial charge in [0.25, 0.3) is 0 Å². The van der Waals surface area contributed by atoms with Crippen molar-refractivity contribution in [3.63, 3.8) is 0 Å². The molecule has 2 aromatic heterocycles. The van der Waals surface area contributed by atoms with Gasteiger partial charge in [-0.3, -0.25) is 4.79 Å². The van der Waals surface area contributed by atoms with E-state index < -0.39 is 0 Å². The predicted octanol–water partition coefficient (Wildman–Crippen LogP) is 1.82. The van der Waals surface area contributed by atoms with Crippen molar-refractivity contribution in [1.82, 2.24) is 25.1 Å². The molecular weight excluding hydrogens is 294 g/mol. The van der Waals surface area contributed by atoms with E-state index in [9.17, 15) is 4.79 Å². The van der Waals surface area contributed by atoms with Crippen molar-refractivity contribution in [3.8, 4) is 0 Å². The molecule has 1 aliphatic carbocycles. The zero-order valence-electron chi connectivity index (χ0n) is 11.1. The Morgan fingerprint density at radius 3 is 3.15 bits per heavy atom. The second-order valence-corrected chi connectivity index (χ2v) is 6.73. The fraction of sp³-hybridized carbons (Fsp3) is 0.500. The normalized spacial score (nSPS) is 14.4. The standard InChI is InChI=1S/C12H15N5OS2/c1-16(7-10-3-2-6-19-10)11(18)8-20-12-13-14-15-17(12)9-4-5-9/h2-3,6,9H,4-5,7-8H2,1H3. The van der Waals surface area contributed by atoms with Gasteiger partial charge in [-0.25, -0.2) is 4.68 Å². The van der Waals surface area contributed by atoms with Gasteiger partial charge in [-0.1, -0.05) is 17.8 Å². The number of hydrogen-bond donors (Lipinski definition) is 0. The smallest absolute Gasteiger partial charge is 0.233 e. The van der Waals surface area contributed by atoms with Gasteiger partial charge in [-0.2, -0.15) is 0 Å². The van der Waals surface area contributed by atoms with Crippen molar-refractivity contribution in [2.24, 2.45) is 0 Å². The molecule has 2 aromatic rings. The van der Waals surface area contributed by atoms with E-state index in [1.807, 2.05) is 29.2 Å². The molecule has 20 heavy (non-hydrogen) atoms. The summed E-state index contributed by atoms with van der Waals surface area (Å²) in [4.78, 5) is 15.0. The minimum absolute atomic E-state index is 0.0914. The number of thiophene rings is 1. The molecule has 1 saturated carbocycles. The fourth-order valence-corrected chi connectivity index (χ4v) is 3.43. The molecule has 0 atom stereocenters. The average molecular weight is 309 g/mol. The minimum atomic E-state index is 0.0914. The second kappa shape index (κ2) is 5.92. The van der Waals surface area contributed by atoms with Crippen molar-refractivity contribution >= 4 is 29.0 Å². The van der Waals surface area contributed by atoms with Crippen LogP contribution in [0.3, 0.4) is 0 Å². The van der Waals surface area contributed by atoms with Crippen LogP contribution in [0.1, 0.15) is 23.8 Å². The van der Waals surface area contributed by atoms with E-state index in [2.05, 4.69) is 15.5 Å². The highest BCUT2D eigenvalue weighted by Crippen LogP contribution is 2.36. The highest BCUT2D eigenvalue weighted by Gasteiger charge is 2.28. The molecule has 1 amide bonds. The first kappa shape index (κ1) is 13.6. The van der Waals surface area contributed by atoms with Crippen LogP contribution in [0, 0.1) is 0 Å². The van der Waals surface area contributed by atoms with Crippen LogP contribution in [0.5, 0.6) is 0 Å². The molecule has 0 bridgehead atoms. The molecule has 0 saturated heterocycles. The molecule has 0 radical (unpaired) electrons. The van der Waals surface area contributed by atoms with Crippen LogP contribution in [0.2, 0.25) is 0 Å². The van der Waals surface area contributed by atoms with Crippen molar-refractivity contribution in [2.75, 3.05) is 12.8 Å². The first-order valence-electron chi connectivity index (χ1n) is 6.41. The monoisotopic (exact) mass is 309 g/mol. The summed E-state index contributed by atoms with van der Waals surface area (Å²) >= 11 is 3.07. The Kier molecular flexibility index (Phi) is 4.02. The van der Waals surface area contributed by atoms with Crippen LogP contribution < -0.4 is 0 Å². The number of carbonyl (C=O) groups is 1. The zero-order chi connectivity index (χ0) is 13.9. The van der Waals surface area contributed by atoms with Crippen LogP contribution in [0.15, 0.2) is 22.7 Å². The lowest BCUT2D eigenvalue weighted by atomic mass is 10.4.